The number of halogens is 1. The molecule has 4 nitrogen and oxygen atoms in total. The summed E-state index contributed by atoms with van der Waals surface area (Å²) in [7, 11) is 0. The molecule has 0 aromatic rings. The summed E-state index contributed by atoms with van der Waals surface area (Å²) in [6.07, 6.45) is 1.46. The SMILES string of the molecule is CC(C)CC1COCCN1C(=O)CCN.Cl. The van der Waals surface area contributed by atoms with Gasteiger partial charge in [-0.3, -0.25) is 4.79 Å². The zero-order valence-corrected chi connectivity index (χ0v) is 11.0. The molecular formula is C11H23ClN2O2. The van der Waals surface area contributed by atoms with Crippen LogP contribution in [0.2, 0.25) is 0 Å². The molecule has 0 aliphatic carbocycles. The molecule has 1 rings (SSSR count). The Morgan fingerprint density at radius 2 is 2.25 bits per heavy atom. The molecule has 1 amide bonds. The van der Waals surface area contributed by atoms with Crippen molar-refractivity contribution in [2.24, 2.45) is 11.7 Å². The van der Waals surface area contributed by atoms with E-state index < -0.39 is 0 Å². The molecule has 5 heteroatoms. The van der Waals surface area contributed by atoms with Gasteiger partial charge in [0.1, 0.15) is 0 Å². The Hall–Kier alpha value is -0.320. The normalized spacial score (nSPS) is 20.8. The van der Waals surface area contributed by atoms with Gasteiger partial charge in [-0.1, -0.05) is 13.8 Å². The number of rotatable bonds is 4. The number of hydrogen-bond acceptors (Lipinski definition) is 3. The molecule has 1 heterocycles. The van der Waals surface area contributed by atoms with E-state index in [4.69, 9.17) is 10.5 Å². The van der Waals surface area contributed by atoms with Gasteiger partial charge in [0.05, 0.1) is 19.3 Å². The fraction of sp³-hybridized carbons (Fsp3) is 0.909. The molecule has 0 radical (unpaired) electrons. The number of carbonyl (C=O) groups excluding carboxylic acids is 1. The Morgan fingerprint density at radius 1 is 1.56 bits per heavy atom. The highest BCUT2D eigenvalue weighted by atomic mass is 35.5. The molecule has 1 atom stereocenters. The largest absolute Gasteiger partial charge is 0.377 e. The molecular weight excluding hydrogens is 228 g/mol. The van der Waals surface area contributed by atoms with Gasteiger partial charge in [-0.2, -0.15) is 0 Å². The van der Waals surface area contributed by atoms with E-state index in [1.54, 1.807) is 0 Å². The van der Waals surface area contributed by atoms with Crippen LogP contribution < -0.4 is 5.73 Å². The fourth-order valence-electron chi connectivity index (χ4n) is 1.99. The molecule has 0 aromatic carbocycles. The summed E-state index contributed by atoms with van der Waals surface area (Å²) in [6.45, 7) is 6.82. The first kappa shape index (κ1) is 15.7. The van der Waals surface area contributed by atoms with Gasteiger partial charge in [-0.05, 0) is 12.3 Å². The van der Waals surface area contributed by atoms with Crippen molar-refractivity contribution in [2.75, 3.05) is 26.3 Å². The molecule has 1 aliphatic heterocycles. The topological polar surface area (TPSA) is 55.6 Å². The summed E-state index contributed by atoms with van der Waals surface area (Å²) >= 11 is 0. The summed E-state index contributed by atoms with van der Waals surface area (Å²) in [4.78, 5) is 13.7. The minimum absolute atomic E-state index is 0. The third-order valence-electron chi connectivity index (χ3n) is 2.65. The predicted octanol–water partition coefficient (Wildman–Crippen LogP) is 1.03. The molecule has 1 saturated heterocycles. The lowest BCUT2D eigenvalue weighted by molar-refractivity contribution is -0.140. The van der Waals surface area contributed by atoms with E-state index in [0.717, 1.165) is 13.0 Å². The number of nitrogens with zero attached hydrogens (tertiary/aromatic N) is 1. The van der Waals surface area contributed by atoms with Crippen molar-refractivity contribution in [3.8, 4) is 0 Å². The van der Waals surface area contributed by atoms with Gasteiger partial charge in [0.2, 0.25) is 5.91 Å². The lowest BCUT2D eigenvalue weighted by Gasteiger charge is -2.36. The van der Waals surface area contributed by atoms with Crippen molar-refractivity contribution in [3.63, 3.8) is 0 Å². The standard InChI is InChI=1S/C11H22N2O2.ClH/c1-9(2)7-10-8-15-6-5-13(10)11(14)3-4-12;/h9-10H,3-8,12H2,1-2H3;1H. The average molecular weight is 251 g/mol. The maximum absolute atomic E-state index is 11.8. The highest BCUT2D eigenvalue weighted by molar-refractivity contribution is 5.85. The molecule has 2 N–H and O–H groups in total. The molecule has 0 aromatic heterocycles. The second kappa shape index (κ2) is 7.87. The van der Waals surface area contributed by atoms with E-state index in [9.17, 15) is 4.79 Å². The monoisotopic (exact) mass is 250 g/mol. The maximum atomic E-state index is 11.8. The summed E-state index contributed by atoms with van der Waals surface area (Å²) in [5.74, 6) is 0.760. The summed E-state index contributed by atoms with van der Waals surface area (Å²) < 4.78 is 5.42. The quantitative estimate of drug-likeness (QED) is 0.811. The van der Waals surface area contributed by atoms with Crippen LogP contribution in [0.15, 0.2) is 0 Å². The van der Waals surface area contributed by atoms with Crippen molar-refractivity contribution in [1.29, 1.82) is 0 Å². The zero-order chi connectivity index (χ0) is 11.3. The van der Waals surface area contributed by atoms with Gasteiger partial charge in [0.25, 0.3) is 0 Å². The van der Waals surface area contributed by atoms with E-state index in [1.807, 2.05) is 4.90 Å². The van der Waals surface area contributed by atoms with Crippen molar-refractivity contribution < 1.29 is 9.53 Å². The molecule has 1 aliphatic rings. The van der Waals surface area contributed by atoms with Gasteiger partial charge in [0.15, 0.2) is 0 Å². The van der Waals surface area contributed by atoms with E-state index in [1.165, 1.54) is 0 Å². The second-order valence-corrected chi connectivity index (χ2v) is 4.48. The van der Waals surface area contributed by atoms with E-state index in [-0.39, 0.29) is 24.4 Å². The third kappa shape index (κ3) is 4.68. The molecule has 0 bridgehead atoms. The van der Waals surface area contributed by atoms with Crippen LogP contribution in [0.1, 0.15) is 26.7 Å². The van der Waals surface area contributed by atoms with Crippen LogP contribution in [0.4, 0.5) is 0 Å². The molecule has 0 spiro atoms. The lowest BCUT2D eigenvalue weighted by atomic mass is 10.0. The summed E-state index contributed by atoms with van der Waals surface area (Å²) in [5, 5.41) is 0. The highest BCUT2D eigenvalue weighted by Gasteiger charge is 2.26. The number of morpholine rings is 1. The average Bonchev–Trinajstić information content (AvgIpc) is 2.18. The summed E-state index contributed by atoms with van der Waals surface area (Å²) in [6, 6.07) is 0.248. The molecule has 96 valence electrons. The van der Waals surface area contributed by atoms with Crippen LogP contribution in [0, 0.1) is 5.92 Å². The van der Waals surface area contributed by atoms with E-state index in [0.29, 0.717) is 32.1 Å². The van der Waals surface area contributed by atoms with Gasteiger partial charge in [0, 0.05) is 19.5 Å². The van der Waals surface area contributed by atoms with Crippen LogP contribution in [-0.2, 0) is 9.53 Å². The van der Waals surface area contributed by atoms with Gasteiger partial charge in [-0.15, -0.1) is 12.4 Å². The molecule has 1 unspecified atom stereocenters. The first-order valence-corrected chi connectivity index (χ1v) is 5.72. The fourth-order valence-corrected chi connectivity index (χ4v) is 1.99. The van der Waals surface area contributed by atoms with Crippen LogP contribution in [0.25, 0.3) is 0 Å². The third-order valence-corrected chi connectivity index (χ3v) is 2.65. The second-order valence-electron chi connectivity index (χ2n) is 4.48. The molecule has 0 saturated carbocycles. The van der Waals surface area contributed by atoms with Crippen molar-refractivity contribution >= 4 is 18.3 Å². The minimum Gasteiger partial charge on any atom is -0.377 e. The van der Waals surface area contributed by atoms with E-state index in [2.05, 4.69) is 13.8 Å². The van der Waals surface area contributed by atoms with Gasteiger partial charge in [-0.25, -0.2) is 0 Å². The number of hydrogen-bond donors (Lipinski definition) is 1. The smallest absolute Gasteiger partial charge is 0.224 e. The highest BCUT2D eigenvalue weighted by Crippen LogP contribution is 2.16. The lowest BCUT2D eigenvalue weighted by Crippen LogP contribution is -2.49. The Labute approximate surface area is 104 Å². The molecule has 1 fully saturated rings. The Bertz CT molecular complexity index is 212. The predicted molar refractivity (Wildman–Crippen MR) is 66.7 cm³/mol. The van der Waals surface area contributed by atoms with Crippen molar-refractivity contribution in [2.45, 2.75) is 32.7 Å². The Morgan fingerprint density at radius 3 is 2.81 bits per heavy atom. The van der Waals surface area contributed by atoms with Crippen LogP contribution in [0.5, 0.6) is 0 Å². The molecule has 16 heavy (non-hydrogen) atoms. The maximum Gasteiger partial charge on any atom is 0.224 e. The van der Waals surface area contributed by atoms with Crippen LogP contribution in [-0.4, -0.2) is 43.2 Å². The number of ether oxygens (including phenoxy) is 1. The van der Waals surface area contributed by atoms with Crippen LogP contribution >= 0.6 is 12.4 Å². The summed E-state index contributed by atoms with van der Waals surface area (Å²) in [5.41, 5.74) is 5.40. The number of nitrogens with two attached hydrogens (primary N) is 1. The Kier molecular flexibility index (Phi) is 7.72. The number of amides is 1. The van der Waals surface area contributed by atoms with Crippen molar-refractivity contribution in [3.05, 3.63) is 0 Å². The first-order valence-electron chi connectivity index (χ1n) is 5.72. The van der Waals surface area contributed by atoms with Crippen LogP contribution in [0.3, 0.4) is 0 Å². The number of carbonyl (C=O) groups is 1. The van der Waals surface area contributed by atoms with Gasteiger partial charge >= 0.3 is 0 Å². The zero-order valence-electron chi connectivity index (χ0n) is 10.1. The Balaban J connectivity index is 0.00000225. The van der Waals surface area contributed by atoms with Gasteiger partial charge < -0.3 is 15.4 Å². The van der Waals surface area contributed by atoms with E-state index >= 15 is 0 Å². The first-order chi connectivity index (χ1) is 7.15. The van der Waals surface area contributed by atoms with Crippen molar-refractivity contribution in [1.82, 2.24) is 4.90 Å². The minimum atomic E-state index is 0.